The second-order valence-corrected chi connectivity index (χ2v) is 6.66. The van der Waals surface area contributed by atoms with Crippen LogP contribution in [0.2, 0.25) is 0 Å². The van der Waals surface area contributed by atoms with Crippen molar-refractivity contribution in [3.05, 3.63) is 5.51 Å². The average Bonchev–Trinajstić information content (AvgIpc) is 2.48. The fraction of sp³-hybridized carbons (Fsp3) is 0.818. The first kappa shape index (κ1) is 10.5. The number of aliphatic hydroxyl groups is 1. The SMILES string of the molecule is CC(C)(O)C12CC(COc3nncs3)(C1)C2. The normalized spacial score (nSPS) is 36.4. The van der Waals surface area contributed by atoms with Gasteiger partial charge in [-0.1, -0.05) is 11.3 Å². The standard InChI is InChI=1S/C11H16N2O2S/c1-9(2,14)11-3-10(4-11,5-11)6-15-8-13-12-7-16-8/h7,14H,3-6H2,1-2H3. The van der Waals surface area contributed by atoms with Crippen LogP contribution in [-0.2, 0) is 0 Å². The molecule has 5 heteroatoms. The summed E-state index contributed by atoms with van der Waals surface area (Å²) < 4.78 is 5.61. The van der Waals surface area contributed by atoms with Gasteiger partial charge in [-0.25, -0.2) is 0 Å². The fourth-order valence-corrected chi connectivity index (χ4v) is 3.65. The number of hydrogen-bond donors (Lipinski definition) is 1. The van der Waals surface area contributed by atoms with E-state index in [4.69, 9.17) is 4.74 Å². The lowest BCUT2D eigenvalue weighted by molar-refractivity contribution is -0.294. The van der Waals surface area contributed by atoms with Gasteiger partial charge in [0.1, 0.15) is 5.51 Å². The first-order valence-corrected chi connectivity index (χ1v) is 6.44. The Balaban J connectivity index is 1.55. The van der Waals surface area contributed by atoms with Crippen molar-refractivity contribution in [2.24, 2.45) is 10.8 Å². The van der Waals surface area contributed by atoms with Gasteiger partial charge in [0.15, 0.2) is 0 Å². The van der Waals surface area contributed by atoms with Crippen molar-refractivity contribution in [2.45, 2.75) is 38.7 Å². The zero-order chi connectivity index (χ0) is 11.4. The van der Waals surface area contributed by atoms with Crippen LogP contribution in [0.3, 0.4) is 0 Å². The number of hydrogen-bond acceptors (Lipinski definition) is 5. The van der Waals surface area contributed by atoms with Crippen LogP contribution >= 0.6 is 11.3 Å². The molecule has 3 saturated carbocycles. The van der Waals surface area contributed by atoms with E-state index in [1.165, 1.54) is 11.3 Å². The highest BCUT2D eigenvalue weighted by molar-refractivity contribution is 7.11. The molecule has 0 aliphatic heterocycles. The largest absolute Gasteiger partial charge is 0.468 e. The Hall–Kier alpha value is -0.680. The number of aromatic nitrogens is 2. The van der Waals surface area contributed by atoms with E-state index in [1.807, 2.05) is 13.8 Å². The quantitative estimate of drug-likeness (QED) is 0.872. The highest BCUT2D eigenvalue weighted by Gasteiger charge is 2.72. The lowest BCUT2D eigenvalue weighted by Crippen LogP contribution is -2.71. The molecule has 1 heterocycles. The Labute approximate surface area is 98.7 Å². The molecule has 0 amide bonds. The lowest BCUT2D eigenvalue weighted by Gasteiger charge is -2.74. The Bertz CT molecular complexity index is 377. The Morgan fingerprint density at radius 3 is 2.69 bits per heavy atom. The second-order valence-electron chi connectivity index (χ2n) is 5.86. The van der Waals surface area contributed by atoms with Gasteiger partial charge in [-0.15, -0.1) is 10.2 Å². The van der Waals surface area contributed by atoms with Gasteiger partial charge in [0, 0.05) is 10.8 Å². The summed E-state index contributed by atoms with van der Waals surface area (Å²) in [7, 11) is 0. The molecule has 88 valence electrons. The first-order chi connectivity index (χ1) is 7.45. The summed E-state index contributed by atoms with van der Waals surface area (Å²) in [5, 5.41) is 18.3. The average molecular weight is 240 g/mol. The summed E-state index contributed by atoms with van der Waals surface area (Å²) in [4.78, 5) is 0. The van der Waals surface area contributed by atoms with Gasteiger partial charge in [0.2, 0.25) is 0 Å². The van der Waals surface area contributed by atoms with Gasteiger partial charge < -0.3 is 9.84 Å². The molecule has 1 aromatic heterocycles. The second kappa shape index (κ2) is 2.96. The number of ether oxygens (including phenoxy) is 1. The molecule has 0 spiro atoms. The van der Waals surface area contributed by atoms with E-state index in [0.29, 0.717) is 10.6 Å². The van der Waals surface area contributed by atoms with Crippen molar-refractivity contribution >= 4 is 11.3 Å². The van der Waals surface area contributed by atoms with Crippen LogP contribution in [0.1, 0.15) is 33.1 Å². The molecule has 0 atom stereocenters. The maximum Gasteiger partial charge on any atom is 0.293 e. The first-order valence-electron chi connectivity index (χ1n) is 5.56. The fourth-order valence-electron chi connectivity index (χ4n) is 3.24. The van der Waals surface area contributed by atoms with Crippen LogP contribution in [-0.4, -0.2) is 27.5 Å². The molecule has 0 saturated heterocycles. The molecule has 1 aromatic rings. The minimum Gasteiger partial charge on any atom is -0.468 e. The highest BCUT2D eigenvalue weighted by Crippen LogP contribution is 2.76. The maximum absolute atomic E-state index is 10.0. The van der Waals surface area contributed by atoms with E-state index in [9.17, 15) is 5.11 Å². The molecule has 0 radical (unpaired) electrons. The molecule has 2 bridgehead atoms. The molecular weight excluding hydrogens is 224 g/mol. The van der Waals surface area contributed by atoms with Crippen molar-refractivity contribution in [3.8, 4) is 5.19 Å². The van der Waals surface area contributed by atoms with E-state index >= 15 is 0 Å². The summed E-state index contributed by atoms with van der Waals surface area (Å²) in [5.41, 5.74) is 1.61. The molecule has 4 nitrogen and oxygen atoms in total. The van der Waals surface area contributed by atoms with E-state index in [2.05, 4.69) is 10.2 Å². The summed E-state index contributed by atoms with van der Waals surface area (Å²) in [6.45, 7) is 4.56. The van der Waals surface area contributed by atoms with Crippen LogP contribution in [0, 0.1) is 10.8 Å². The van der Waals surface area contributed by atoms with E-state index in [1.54, 1.807) is 5.51 Å². The van der Waals surface area contributed by atoms with Crippen LogP contribution in [0.15, 0.2) is 5.51 Å². The van der Waals surface area contributed by atoms with Crippen LogP contribution in [0.4, 0.5) is 0 Å². The van der Waals surface area contributed by atoms with Gasteiger partial charge in [-0.3, -0.25) is 0 Å². The molecule has 4 rings (SSSR count). The highest BCUT2D eigenvalue weighted by atomic mass is 32.1. The lowest BCUT2D eigenvalue weighted by atomic mass is 9.31. The predicted molar refractivity (Wildman–Crippen MR) is 60.4 cm³/mol. The van der Waals surface area contributed by atoms with Crippen molar-refractivity contribution in [3.63, 3.8) is 0 Å². The zero-order valence-electron chi connectivity index (χ0n) is 9.56. The summed E-state index contributed by atoms with van der Waals surface area (Å²) >= 11 is 1.43. The Morgan fingerprint density at radius 2 is 2.19 bits per heavy atom. The van der Waals surface area contributed by atoms with Crippen LogP contribution < -0.4 is 4.74 Å². The summed E-state index contributed by atoms with van der Waals surface area (Å²) in [5.74, 6) is 0. The van der Waals surface area contributed by atoms with Crippen molar-refractivity contribution in [2.75, 3.05) is 6.61 Å². The molecule has 16 heavy (non-hydrogen) atoms. The molecule has 3 fully saturated rings. The van der Waals surface area contributed by atoms with E-state index in [-0.39, 0.29) is 5.41 Å². The number of nitrogens with zero attached hydrogens (tertiary/aromatic N) is 2. The summed E-state index contributed by atoms with van der Waals surface area (Å²) in [6, 6.07) is 0. The molecule has 0 unspecified atom stereocenters. The topological polar surface area (TPSA) is 55.2 Å². The molecule has 1 N–H and O–H groups in total. The van der Waals surface area contributed by atoms with Gasteiger partial charge in [0.05, 0.1) is 12.2 Å². The van der Waals surface area contributed by atoms with Gasteiger partial charge in [-0.05, 0) is 33.1 Å². The third kappa shape index (κ3) is 1.31. The van der Waals surface area contributed by atoms with Crippen LogP contribution in [0.25, 0.3) is 0 Å². The van der Waals surface area contributed by atoms with Crippen molar-refractivity contribution in [1.82, 2.24) is 10.2 Å². The van der Waals surface area contributed by atoms with Crippen molar-refractivity contribution < 1.29 is 9.84 Å². The Kier molecular flexibility index (Phi) is 1.93. The van der Waals surface area contributed by atoms with Gasteiger partial charge in [-0.2, -0.15) is 0 Å². The molecule has 0 aromatic carbocycles. The predicted octanol–water partition coefficient (Wildman–Crippen LogP) is 1.86. The monoisotopic (exact) mass is 240 g/mol. The van der Waals surface area contributed by atoms with Gasteiger partial charge >= 0.3 is 0 Å². The molecule has 3 aliphatic carbocycles. The van der Waals surface area contributed by atoms with E-state index < -0.39 is 5.60 Å². The van der Waals surface area contributed by atoms with Crippen LogP contribution in [0.5, 0.6) is 5.19 Å². The Morgan fingerprint density at radius 1 is 1.50 bits per heavy atom. The zero-order valence-corrected chi connectivity index (χ0v) is 10.4. The summed E-state index contributed by atoms with van der Waals surface area (Å²) in [6.07, 6.45) is 3.26. The van der Waals surface area contributed by atoms with E-state index in [0.717, 1.165) is 25.9 Å². The number of rotatable bonds is 4. The smallest absolute Gasteiger partial charge is 0.293 e. The molecular formula is C11H16N2O2S. The molecule has 3 aliphatic rings. The minimum atomic E-state index is -0.544. The van der Waals surface area contributed by atoms with Crippen molar-refractivity contribution in [1.29, 1.82) is 0 Å². The van der Waals surface area contributed by atoms with Gasteiger partial charge in [0.25, 0.3) is 5.19 Å². The maximum atomic E-state index is 10.0. The minimum absolute atomic E-state index is 0.164. The third-order valence-electron chi connectivity index (χ3n) is 4.28. The third-order valence-corrected chi connectivity index (χ3v) is 4.88.